The lowest BCUT2D eigenvalue weighted by Crippen LogP contribution is -2.24. The third-order valence-electron chi connectivity index (χ3n) is 3.87. The molecule has 1 aromatic heterocycles. The number of rotatable bonds is 4. The van der Waals surface area contributed by atoms with Crippen molar-refractivity contribution in [3.63, 3.8) is 0 Å². The normalized spacial score (nSPS) is 14.8. The molecule has 0 unspecified atom stereocenters. The second kappa shape index (κ2) is 6.02. The van der Waals surface area contributed by atoms with Crippen molar-refractivity contribution in [2.45, 2.75) is 44.0 Å². The van der Waals surface area contributed by atoms with Crippen LogP contribution in [0.2, 0.25) is 5.02 Å². The number of aromatic amines is 1. The molecule has 0 saturated heterocycles. The summed E-state index contributed by atoms with van der Waals surface area (Å²) < 4.78 is 27.2. The lowest BCUT2D eigenvalue weighted by atomic mass is 10.0. The van der Waals surface area contributed by atoms with E-state index < -0.39 is 10.0 Å². The molecule has 7 heteroatoms. The maximum absolute atomic E-state index is 12.3. The van der Waals surface area contributed by atoms with Crippen LogP contribution in [-0.2, 0) is 29.4 Å². The van der Waals surface area contributed by atoms with Crippen molar-refractivity contribution in [2.24, 2.45) is 0 Å². The number of hydrogen-bond donors (Lipinski definition) is 2. The number of aryl methyl sites for hydroxylation is 3. The van der Waals surface area contributed by atoms with Gasteiger partial charge < -0.3 is 4.98 Å². The maximum Gasteiger partial charge on any atom is 0.240 e. The summed E-state index contributed by atoms with van der Waals surface area (Å²) in [5, 5.41) is 0.553. The number of fused-ring (bicyclic) bond motifs is 1. The highest BCUT2D eigenvalue weighted by atomic mass is 35.5. The molecular formula is C15H18ClN3O2S. The molecule has 0 amide bonds. The van der Waals surface area contributed by atoms with Crippen molar-refractivity contribution in [3.8, 4) is 0 Å². The first-order chi connectivity index (χ1) is 10.5. The number of H-pyrrole nitrogens is 1. The maximum atomic E-state index is 12.3. The Morgan fingerprint density at radius 1 is 1.32 bits per heavy atom. The largest absolute Gasteiger partial charge is 0.345 e. The minimum absolute atomic E-state index is 0.164. The van der Waals surface area contributed by atoms with Gasteiger partial charge in [-0.05, 0) is 56.4 Å². The molecule has 2 aromatic rings. The topological polar surface area (TPSA) is 74.8 Å². The number of hydrogen-bond acceptors (Lipinski definition) is 3. The summed E-state index contributed by atoms with van der Waals surface area (Å²) >= 11 is 5.93. The van der Waals surface area contributed by atoms with Crippen molar-refractivity contribution >= 4 is 21.6 Å². The molecule has 0 radical (unpaired) electrons. The highest BCUT2D eigenvalue weighted by Crippen LogP contribution is 2.20. The predicted octanol–water partition coefficient (Wildman–Crippen LogP) is 2.73. The second-order valence-electron chi connectivity index (χ2n) is 5.55. The highest BCUT2D eigenvalue weighted by molar-refractivity contribution is 7.89. The average molecular weight is 340 g/mol. The number of benzene rings is 1. The molecule has 118 valence electrons. The molecule has 0 spiro atoms. The summed E-state index contributed by atoms with van der Waals surface area (Å²) in [5.74, 6) is 0.668. The Hall–Kier alpha value is -1.37. The van der Waals surface area contributed by atoms with Gasteiger partial charge in [0.25, 0.3) is 0 Å². The molecule has 0 aliphatic heterocycles. The first-order valence-electron chi connectivity index (χ1n) is 7.28. The van der Waals surface area contributed by atoms with E-state index in [1.165, 1.54) is 6.07 Å². The number of nitrogens with zero attached hydrogens (tertiary/aromatic N) is 1. The fraction of sp³-hybridized carbons (Fsp3) is 0.400. The quantitative estimate of drug-likeness (QED) is 0.899. The molecule has 1 aliphatic carbocycles. The minimum Gasteiger partial charge on any atom is -0.345 e. The third-order valence-corrected chi connectivity index (χ3v) is 5.70. The van der Waals surface area contributed by atoms with Crippen LogP contribution in [0.5, 0.6) is 0 Å². The van der Waals surface area contributed by atoms with Gasteiger partial charge in [-0.1, -0.05) is 11.6 Å². The third kappa shape index (κ3) is 3.19. The van der Waals surface area contributed by atoms with E-state index in [4.69, 9.17) is 11.6 Å². The summed E-state index contributed by atoms with van der Waals surface area (Å²) in [6.45, 7) is 1.94. The van der Waals surface area contributed by atoms with E-state index in [9.17, 15) is 8.42 Å². The van der Waals surface area contributed by atoms with Crippen LogP contribution in [0.3, 0.4) is 0 Å². The van der Waals surface area contributed by atoms with Gasteiger partial charge in [-0.3, -0.25) is 0 Å². The lowest BCUT2D eigenvalue weighted by Gasteiger charge is -2.07. The molecule has 2 N–H and O–H groups in total. The van der Waals surface area contributed by atoms with Gasteiger partial charge in [0.05, 0.1) is 17.1 Å². The smallest absolute Gasteiger partial charge is 0.240 e. The van der Waals surface area contributed by atoms with Gasteiger partial charge in [0.1, 0.15) is 5.82 Å². The number of aromatic nitrogens is 2. The van der Waals surface area contributed by atoms with Gasteiger partial charge in [0, 0.05) is 10.7 Å². The molecule has 1 heterocycles. The fourth-order valence-electron chi connectivity index (χ4n) is 2.63. The van der Waals surface area contributed by atoms with Crippen LogP contribution in [0, 0.1) is 6.92 Å². The minimum atomic E-state index is -3.57. The number of nitrogens with one attached hydrogen (secondary N) is 2. The van der Waals surface area contributed by atoms with E-state index in [2.05, 4.69) is 14.7 Å². The van der Waals surface area contributed by atoms with E-state index in [0.29, 0.717) is 10.8 Å². The fourth-order valence-corrected chi connectivity index (χ4v) is 3.82. The molecule has 3 rings (SSSR count). The van der Waals surface area contributed by atoms with Crippen molar-refractivity contribution < 1.29 is 8.42 Å². The predicted molar refractivity (Wildman–Crippen MR) is 85.4 cm³/mol. The Morgan fingerprint density at radius 3 is 2.82 bits per heavy atom. The van der Waals surface area contributed by atoms with Gasteiger partial charge in [-0.2, -0.15) is 0 Å². The molecule has 5 nitrogen and oxygen atoms in total. The number of sulfonamides is 1. The molecule has 1 aliphatic rings. The zero-order chi connectivity index (χ0) is 15.7. The summed E-state index contributed by atoms with van der Waals surface area (Å²) in [6.07, 6.45) is 4.26. The molecule has 1 aromatic carbocycles. The monoisotopic (exact) mass is 339 g/mol. The van der Waals surface area contributed by atoms with Crippen LogP contribution in [0.1, 0.15) is 35.6 Å². The molecule has 0 saturated carbocycles. The Bertz CT molecular complexity index is 776. The van der Waals surface area contributed by atoms with E-state index in [1.54, 1.807) is 19.1 Å². The molecule has 0 bridgehead atoms. The summed E-state index contributed by atoms with van der Waals surface area (Å²) in [7, 11) is -3.57. The van der Waals surface area contributed by atoms with Gasteiger partial charge in [0.2, 0.25) is 10.0 Å². The van der Waals surface area contributed by atoms with Crippen molar-refractivity contribution in [3.05, 3.63) is 46.0 Å². The Balaban J connectivity index is 1.74. The van der Waals surface area contributed by atoms with Crippen LogP contribution in [-0.4, -0.2) is 18.4 Å². The summed E-state index contributed by atoms with van der Waals surface area (Å²) in [4.78, 5) is 7.91. The van der Waals surface area contributed by atoms with E-state index >= 15 is 0 Å². The zero-order valence-corrected chi connectivity index (χ0v) is 13.9. The SMILES string of the molecule is Cc1cc(S(=O)(=O)NCc2nc3c([nH]2)CCCC3)ccc1Cl. The summed E-state index contributed by atoms with van der Waals surface area (Å²) in [6, 6.07) is 4.67. The molecule has 22 heavy (non-hydrogen) atoms. The van der Waals surface area contributed by atoms with E-state index in [-0.39, 0.29) is 11.4 Å². The van der Waals surface area contributed by atoms with Gasteiger partial charge in [-0.15, -0.1) is 0 Å². The molecule has 0 atom stereocenters. The highest BCUT2D eigenvalue weighted by Gasteiger charge is 2.18. The second-order valence-corrected chi connectivity index (χ2v) is 7.73. The first kappa shape index (κ1) is 15.5. The van der Waals surface area contributed by atoms with E-state index in [0.717, 1.165) is 42.6 Å². The zero-order valence-electron chi connectivity index (χ0n) is 12.3. The Labute approximate surface area is 135 Å². The Morgan fingerprint density at radius 2 is 2.09 bits per heavy atom. The van der Waals surface area contributed by atoms with Gasteiger partial charge in [0.15, 0.2) is 0 Å². The number of imidazole rings is 1. The van der Waals surface area contributed by atoms with Crippen LogP contribution in [0.25, 0.3) is 0 Å². The van der Waals surface area contributed by atoms with E-state index in [1.807, 2.05) is 0 Å². The molecular weight excluding hydrogens is 322 g/mol. The number of halogens is 1. The van der Waals surface area contributed by atoms with Gasteiger partial charge in [-0.25, -0.2) is 18.1 Å². The van der Waals surface area contributed by atoms with Crippen molar-refractivity contribution in [2.75, 3.05) is 0 Å². The van der Waals surface area contributed by atoms with Crippen LogP contribution < -0.4 is 4.72 Å². The standard InChI is InChI=1S/C15H18ClN3O2S/c1-10-8-11(6-7-12(10)16)22(20,21)17-9-15-18-13-4-2-3-5-14(13)19-15/h6-8,17H,2-5,9H2,1H3,(H,18,19). The van der Waals surface area contributed by atoms with Crippen LogP contribution >= 0.6 is 11.6 Å². The summed E-state index contributed by atoms with van der Waals surface area (Å²) in [5.41, 5.74) is 2.95. The van der Waals surface area contributed by atoms with Crippen molar-refractivity contribution in [1.82, 2.24) is 14.7 Å². The lowest BCUT2D eigenvalue weighted by molar-refractivity contribution is 0.579. The van der Waals surface area contributed by atoms with Crippen LogP contribution in [0.15, 0.2) is 23.1 Å². The van der Waals surface area contributed by atoms with Crippen molar-refractivity contribution in [1.29, 1.82) is 0 Å². The molecule has 0 fully saturated rings. The average Bonchev–Trinajstić information content (AvgIpc) is 2.91. The van der Waals surface area contributed by atoms with Crippen LogP contribution in [0.4, 0.5) is 0 Å². The Kier molecular flexibility index (Phi) is 4.25. The first-order valence-corrected chi connectivity index (χ1v) is 9.14. The van der Waals surface area contributed by atoms with Gasteiger partial charge >= 0.3 is 0 Å².